The van der Waals surface area contributed by atoms with Crippen molar-refractivity contribution >= 4 is 35.3 Å². The van der Waals surface area contributed by atoms with Crippen LogP contribution in [-0.2, 0) is 0 Å². The summed E-state index contributed by atoms with van der Waals surface area (Å²) in [7, 11) is 2.89. The molecule has 24 heavy (non-hydrogen) atoms. The highest BCUT2D eigenvalue weighted by molar-refractivity contribution is 6.38. The van der Waals surface area contributed by atoms with Crippen LogP contribution in [0.5, 0.6) is 17.2 Å². The summed E-state index contributed by atoms with van der Waals surface area (Å²) in [4.78, 5) is 11.9. The van der Waals surface area contributed by atoms with E-state index in [2.05, 4.69) is 10.5 Å². The molecule has 0 atom stereocenters. The second-order valence-corrected chi connectivity index (χ2v) is 5.36. The SMILES string of the molecule is COc1c(Cl)cc(/C=N\NC(=O)c2ccc(O)cc2)c(OC)c1Cl. The first kappa shape index (κ1) is 17.9. The van der Waals surface area contributed by atoms with E-state index in [1.165, 1.54) is 44.7 Å². The monoisotopic (exact) mass is 368 g/mol. The maximum atomic E-state index is 11.9. The minimum atomic E-state index is -0.434. The largest absolute Gasteiger partial charge is 0.508 e. The minimum Gasteiger partial charge on any atom is -0.508 e. The summed E-state index contributed by atoms with van der Waals surface area (Å²) in [6.45, 7) is 0. The fourth-order valence-electron chi connectivity index (χ4n) is 1.93. The summed E-state index contributed by atoms with van der Waals surface area (Å²) < 4.78 is 10.3. The smallest absolute Gasteiger partial charge is 0.271 e. The number of hydrogen-bond donors (Lipinski definition) is 2. The Balaban J connectivity index is 2.20. The van der Waals surface area contributed by atoms with Gasteiger partial charge in [-0.25, -0.2) is 5.43 Å². The number of aromatic hydroxyl groups is 1. The van der Waals surface area contributed by atoms with Crippen LogP contribution >= 0.6 is 23.2 Å². The van der Waals surface area contributed by atoms with Gasteiger partial charge in [0.15, 0.2) is 5.75 Å². The predicted octanol–water partition coefficient (Wildman–Crippen LogP) is 3.48. The third kappa shape index (κ3) is 3.90. The van der Waals surface area contributed by atoms with Crippen molar-refractivity contribution in [1.82, 2.24) is 5.43 Å². The van der Waals surface area contributed by atoms with Gasteiger partial charge in [-0.15, -0.1) is 0 Å². The van der Waals surface area contributed by atoms with E-state index in [9.17, 15) is 9.90 Å². The van der Waals surface area contributed by atoms with E-state index in [0.29, 0.717) is 22.6 Å². The van der Waals surface area contributed by atoms with Crippen LogP contribution in [-0.4, -0.2) is 31.4 Å². The molecule has 2 aromatic carbocycles. The van der Waals surface area contributed by atoms with Crippen molar-refractivity contribution in [2.75, 3.05) is 14.2 Å². The quantitative estimate of drug-likeness (QED) is 0.625. The normalized spacial score (nSPS) is 10.7. The number of halogens is 2. The van der Waals surface area contributed by atoms with Crippen LogP contribution in [0.25, 0.3) is 0 Å². The van der Waals surface area contributed by atoms with E-state index in [-0.39, 0.29) is 15.8 Å². The molecule has 0 heterocycles. The average Bonchev–Trinajstić information content (AvgIpc) is 2.55. The highest BCUT2D eigenvalue weighted by Gasteiger charge is 2.16. The van der Waals surface area contributed by atoms with Gasteiger partial charge in [0, 0.05) is 11.1 Å². The number of phenolic OH excluding ortho intramolecular Hbond substituents is 1. The lowest BCUT2D eigenvalue weighted by Crippen LogP contribution is -2.17. The Hall–Kier alpha value is -2.44. The lowest BCUT2D eigenvalue weighted by atomic mass is 10.2. The molecule has 0 unspecified atom stereocenters. The van der Waals surface area contributed by atoms with Crippen LogP contribution in [0.15, 0.2) is 35.4 Å². The van der Waals surface area contributed by atoms with Crippen molar-refractivity contribution < 1.29 is 19.4 Å². The van der Waals surface area contributed by atoms with Gasteiger partial charge in [-0.2, -0.15) is 5.10 Å². The van der Waals surface area contributed by atoms with Gasteiger partial charge >= 0.3 is 0 Å². The summed E-state index contributed by atoms with van der Waals surface area (Å²) in [6, 6.07) is 7.32. The fraction of sp³-hybridized carbons (Fsp3) is 0.125. The molecule has 0 saturated heterocycles. The first-order chi connectivity index (χ1) is 11.5. The van der Waals surface area contributed by atoms with Gasteiger partial charge in [-0.1, -0.05) is 23.2 Å². The van der Waals surface area contributed by atoms with Gasteiger partial charge in [0.25, 0.3) is 5.91 Å². The number of methoxy groups -OCH3 is 2. The Morgan fingerprint density at radius 2 is 1.79 bits per heavy atom. The van der Waals surface area contributed by atoms with Crippen molar-refractivity contribution in [3.05, 3.63) is 51.5 Å². The molecule has 0 aliphatic rings. The summed E-state index contributed by atoms with van der Waals surface area (Å²) in [5, 5.41) is 13.6. The van der Waals surface area contributed by atoms with Crippen molar-refractivity contribution in [1.29, 1.82) is 0 Å². The number of benzene rings is 2. The Kier molecular flexibility index (Phi) is 5.89. The van der Waals surface area contributed by atoms with Gasteiger partial charge in [-0.05, 0) is 30.3 Å². The molecule has 8 heteroatoms. The molecule has 126 valence electrons. The number of hydrazone groups is 1. The molecule has 0 spiro atoms. The molecular weight excluding hydrogens is 355 g/mol. The molecule has 0 fully saturated rings. The molecular formula is C16H14Cl2N2O4. The van der Waals surface area contributed by atoms with Crippen molar-refractivity contribution in [3.63, 3.8) is 0 Å². The lowest BCUT2D eigenvalue weighted by molar-refractivity contribution is 0.0955. The molecule has 1 amide bonds. The second-order valence-electron chi connectivity index (χ2n) is 4.57. The molecule has 2 rings (SSSR count). The first-order valence-electron chi connectivity index (χ1n) is 6.70. The fourth-order valence-corrected chi connectivity index (χ4v) is 2.63. The minimum absolute atomic E-state index is 0.0716. The first-order valence-corrected chi connectivity index (χ1v) is 7.46. The molecule has 0 aromatic heterocycles. The molecule has 2 N–H and O–H groups in total. The standard InChI is InChI=1S/C16H14Cl2N2O4/c1-23-14-10(7-12(17)15(24-2)13(14)18)8-19-20-16(22)9-3-5-11(21)6-4-9/h3-8,21H,1-2H3,(H,20,22)/b19-8-. The van der Waals surface area contributed by atoms with Crippen LogP contribution in [0.2, 0.25) is 10.0 Å². The third-order valence-corrected chi connectivity index (χ3v) is 3.69. The van der Waals surface area contributed by atoms with Crippen LogP contribution in [0.3, 0.4) is 0 Å². The van der Waals surface area contributed by atoms with Gasteiger partial charge in [-0.3, -0.25) is 4.79 Å². The zero-order valence-corrected chi connectivity index (χ0v) is 14.4. The Bertz CT molecular complexity index is 777. The van der Waals surface area contributed by atoms with Crippen LogP contribution < -0.4 is 14.9 Å². The van der Waals surface area contributed by atoms with Crippen LogP contribution in [0.4, 0.5) is 0 Å². The van der Waals surface area contributed by atoms with E-state index in [4.69, 9.17) is 32.7 Å². The summed E-state index contributed by atoms with van der Waals surface area (Å²) >= 11 is 12.2. The van der Waals surface area contributed by atoms with Gasteiger partial charge in [0.1, 0.15) is 16.5 Å². The third-order valence-electron chi connectivity index (χ3n) is 3.07. The highest BCUT2D eigenvalue weighted by Crippen LogP contribution is 2.41. The maximum Gasteiger partial charge on any atom is 0.271 e. The molecule has 2 aromatic rings. The zero-order valence-electron chi connectivity index (χ0n) is 12.8. The average molecular weight is 369 g/mol. The maximum absolute atomic E-state index is 11.9. The number of phenols is 1. The van der Waals surface area contributed by atoms with Crippen molar-refractivity contribution in [2.45, 2.75) is 0 Å². The molecule has 0 bridgehead atoms. The summed E-state index contributed by atoms with van der Waals surface area (Å²) in [6.07, 6.45) is 1.36. The number of carbonyl (C=O) groups excluding carboxylic acids is 1. The van der Waals surface area contributed by atoms with E-state index in [1.54, 1.807) is 6.07 Å². The molecule has 0 aliphatic heterocycles. The number of rotatable bonds is 5. The van der Waals surface area contributed by atoms with Gasteiger partial charge in [0.2, 0.25) is 0 Å². The van der Waals surface area contributed by atoms with Crippen molar-refractivity contribution in [2.24, 2.45) is 5.10 Å². The van der Waals surface area contributed by atoms with E-state index >= 15 is 0 Å². The van der Waals surface area contributed by atoms with Gasteiger partial charge in [0.05, 0.1) is 25.5 Å². The molecule has 6 nitrogen and oxygen atoms in total. The summed E-state index contributed by atoms with van der Waals surface area (Å²) in [5.74, 6) is 0.249. The molecule has 0 radical (unpaired) electrons. The molecule has 0 saturated carbocycles. The van der Waals surface area contributed by atoms with E-state index < -0.39 is 5.91 Å². The Labute approximate surface area is 148 Å². The number of amides is 1. The Morgan fingerprint density at radius 1 is 1.17 bits per heavy atom. The number of carbonyl (C=O) groups is 1. The van der Waals surface area contributed by atoms with Crippen LogP contribution in [0.1, 0.15) is 15.9 Å². The van der Waals surface area contributed by atoms with Crippen LogP contribution in [0, 0.1) is 0 Å². The number of nitrogens with zero attached hydrogens (tertiary/aromatic N) is 1. The van der Waals surface area contributed by atoms with E-state index in [0.717, 1.165) is 0 Å². The second kappa shape index (κ2) is 7.90. The number of nitrogens with one attached hydrogen (secondary N) is 1. The zero-order chi connectivity index (χ0) is 17.7. The summed E-state index contributed by atoms with van der Waals surface area (Å²) in [5.41, 5.74) is 3.18. The predicted molar refractivity (Wildman–Crippen MR) is 92.7 cm³/mol. The molecule has 0 aliphatic carbocycles. The number of ether oxygens (including phenoxy) is 2. The van der Waals surface area contributed by atoms with Crippen molar-refractivity contribution in [3.8, 4) is 17.2 Å². The van der Waals surface area contributed by atoms with E-state index in [1.807, 2.05) is 0 Å². The Morgan fingerprint density at radius 3 is 2.38 bits per heavy atom. The lowest BCUT2D eigenvalue weighted by Gasteiger charge is -2.12. The highest BCUT2D eigenvalue weighted by atomic mass is 35.5. The number of hydrogen-bond acceptors (Lipinski definition) is 5. The van der Waals surface area contributed by atoms with Gasteiger partial charge < -0.3 is 14.6 Å². The topological polar surface area (TPSA) is 80.2 Å².